The molecule has 21 nitrogen and oxygen atoms in total. The number of hydrogen-bond donors (Lipinski definition) is 2. The van der Waals surface area contributed by atoms with Gasteiger partial charge in [-0.05, 0) is 107 Å². The van der Waals surface area contributed by atoms with Gasteiger partial charge in [0, 0.05) is 93.8 Å². The summed E-state index contributed by atoms with van der Waals surface area (Å²) < 4.78 is 76.1. The summed E-state index contributed by atoms with van der Waals surface area (Å²) in [7, 11) is 1.63. The van der Waals surface area contributed by atoms with E-state index in [-0.39, 0.29) is 49.0 Å². The van der Waals surface area contributed by atoms with Crippen LogP contribution in [0.2, 0.25) is 5.02 Å². The Labute approximate surface area is 548 Å². The molecule has 2 fully saturated rings. The van der Waals surface area contributed by atoms with Crippen molar-refractivity contribution in [2.75, 3.05) is 155 Å². The average molecular weight is 1310 g/mol. The third kappa shape index (κ3) is 19.8. The van der Waals surface area contributed by atoms with Crippen LogP contribution in [0, 0.1) is 23.0 Å². The maximum Gasteiger partial charge on any atom is 0.407 e. The van der Waals surface area contributed by atoms with Gasteiger partial charge in [-0.15, -0.1) is 0 Å². The third-order valence-corrected chi connectivity index (χ3v) is 18.0. The SMILES string of the molecule is CN(CCOCCOCCOCCOCCOCCOCCCN1CCC[C@H]1COc1nc2c(c(N3CCN[C@@H](CC#N)C3)n1)CCN(c1cccc3cccc(Cl)c13)C2)C(=O)N1N=C(c2cc(F)ccc2F)S[C@@]1(CCCNC(=O)OC(C)(C)C)c1ccccc1. The number of nitrogens with zero attached hydrogens (tertiary/aromatic N) is 9. The zero-order valence-corrected chi connectivity index (χ0v) is 55.0. The zero-order chi connectivity index (χ0) is 64.7. The second-order valence-electron chi connectivity index (χ2n) is 24.0. The van der Waals surface area contributed by atoms with Crippen molar-refractivity contribution in [1.82, 2.24) is 35.4 Å². The summed E-state index contributed by atoms with van der Waals surface area (Å²) in [4.78, 5) is 44.4. The standard InChI is InChI=1S/C67H88ClF2N11O10S/c1-66(2,3)91-64(82)73-26-11-24-67(50-15-6-5-7-16-50)81(76-62(92-67)55-45-51(69)20-21-57(55)70)65(83)77(4)32-34-85-36-38-87-40-42-89-44-43-88-41-39-86-37-35-84-33-12-29-78-28-10-17-53(78)48-90-63-74-58-47-79(59-19-9-14-49-13-8-18-56(68)60(49)59)30-23-54(58)61(75-63)80-31-27-72-52(46-80)22-25-71/h5-9,13-16,18-21,45,52-53,72H,10-12,17,22-24,26-44,46-48H2,1-4H3,(H,73,82)/t52-,53-,67-/m0/s1. The molecule has 4 aliphatic rings. The minimum absolute atomic E-state index is 0.0624. The number of ether oxygens (including phenoxy) is 8. The van der Waals surface area contributed by atoms with Crippen LogP contribution in [0.3, 0.4) is 0 Å². The van der Waals surface area contributed by atoms with Gasteiger partial charge in [0.25, 0.3) is 0 Å². The monoisotopic (exact) mass is 1310 g/mol. The molecule has 5 aromatic rings. The van der Waals surface area contributed by atoms with Gasteiger partial charge in [0.05, 0.1) is 102 Å². The Morgan fingerprint density at radius 2 is 1.53 bits per heavy atom. The Hall–Kier alpha value is -6.50. The van der Waals surface area contributed by atoms with Gasteiger partial charge in [-0.1, -0.05) is 78.0 Å². The van der Waals surface area contributed by atoms with Crippen LogP contribution in [-0.2, 0) is 51.0 Å². The molecule has 2 saturated heterocycles. The number of aromatic nitrogens is 2. The molecule has 92 heavy (non-hydrogen) atoms. The molecule has 0 saturated carbocycles. The van der Waals surface area contributed by atoms with Crippen molar-refractivity contribution < 1.29 is 56.3 Å². The number of thioether (sulfide) groups is 1. The topological polar surface area (TPSA) is 210 Å². The fraction of sp³-hybridized carbons (Fsp3) is 0.552. The molecule has 0 radical (unpaired) electrons. The van der Waals surface area contributed by atoms with E-state index >= 15 is 4.39 Å². The number of anilines is 2. The molecule has 5 heterocycles. The van der Waals surface area contributed by atoms with Crippen LogP contribution in [-0.4, -0.2) is 205 Å². The summed E-state index contributed by atoms with van der Waals surface area (Å²) >= 11 is 7.95. The summed E-state index contributed by atoms with van der Waals surface area (Å²) in [5.74, 6) is -0.399. The summed E-state index contributed by atoms with van der Waals surface area (Å²) in [6.45, 7) is 16.7. The molecule has 4 aromatic carbocycles. The molecule has 1 aromatic heterocycles. The van der Waals surface area contributed by atoms with E-state index in [0.29, 0.717) is 111 Å². The Bertz CT molecular complexity index is 3260. The maximum absolute atomic E-state index is 15.2. The van der Waals surface area contributed by atoms with E-state index in [1.165, 1.54) is 9.91 Å². The Morgan fingerprint density at radius 1 is 0.837 bits per heavy atom. The fourth-order valence-electron chi connectivity index (χ4n) is 11.7. The lowest BCUT2D eigenvalue weighted by Gasteiger charge is -2.37. The van der Waals surface area contributed by atoms with Crippen molar-refractivity contribution in [3.63, 3.8) is 0 Å². The van der Waals surface area contributed by atoms with Crippen LogP contribution in [0.25, 0.3) is 10.8 Å². The highest BCUT2D eigenvalue weighted by molar-refractivity contribution is 8.15. The van der Waals surface area contributed by atoms with Gasteiger partial charge >= 0.3 is 18.1 Å². The van der Waals surface area contributed by atoms with Crippen LogP contribution >= 0.6 is 23.4 Å². The number of urea groups is 1. The lowest BCUT2D eigenvalue weighted by Crippen LogP contribution is -2.51. The number of carbonyl (C=O) groups excluding carboxylic acids is 2. The number of halogens is 3. The lowest BCUT2D eigenvalue weighted by atomic mass is 10.0. The highest BCUT2D eigenvalue weighted by Crippen LogP contribution is 2.51. The lowest BCUT2D eigenvalue weighted by molar-refractivity contribution is -0.0175. The Morgan fingerprint density at radius 3 is 2.24 bits per heavy atom. The van der Waals surface area contributed by atoms with Crippen molar-refractivity contribution in [3.8, 4) is 12.1 Å². The van der Waals surface area contributed by atoms with Crippen LogP contribution < -0.4 is 25.2 Å². The van der Waals surface area contributed by atoms with Crippen molar-refractivity contribution >= 4 is 62.8 Å². The van der Waals surface area contributed by atoms with Gasteiger partial charge in [-0.2, -0.15) is 25.3 Å². The van der Waals surface area contributed by atoms with E-state index in [1.54, 1.807) is 27.8 Å². The van der Waals surface area contributed by atoms with Crippen LogP contribution in [0.4, 0.5) is 29.9 Å². The first-order valence-electron chi connectivity index (χ1n) is 32.0. The number of rotatable bonds is 34. The summed E-state index contributed by atoms with van der Waals surface area (Å²) in [5.41, 5.74) is 3.18. The maximum atomic E-state index is 15.2. The molecular weight excluding hydrogens is 1220 g/mol. The average Bonchev–Trinajstić information content (AvgIpc) is 1.68. The minimum Gasteiger partial charge on any atom is -0.462 e. The quantitative estimate of drug-likeness (QED) is 0.0367. The van der Waals surface area contributed by atoms with Crippen molar-refractivity contribution in [2.24, 2.45) is 5.10 Å². The smallest absolute Gasteiger partial charge is 0.407 e. The largest absolute Gasteiger partial charge is 0.462 e. The molecule has 3 amide bonds. The van der Waals surface area contributed by atoms with Crippen LogP contribution in [0.1, 0.15) is 81.7 Å². The zero-order valence-electron chi connectivity index (χ0n) is 53.4. The molecule has 3 atom stereocenters. The molecule has 0 unspecified atom stereocenters. The van der Waals surface area contributed by atoms with E-state index < -0.39 is 34.2 Å². The first kappa shape index (κ1) is 69.8. The number of hydrogen-bond acceptors (Lipinski definition) is 19. The first-order chi connectivity index (χ1) is 44.7. The van der Waals surface area contributed by atoms with Gasteiger partial charge in [0.2, 0.25) is 0 Å². The molecule has 9 rings (SSSR count). The van der Waals surface area contributed by atoms with Gasteiger partial charge < -0.3 is 63.2 Å². The Kier molecular flexibility index (Phi) is 26.7. The summed E-state index contributed by atoms with van der Waals surface area (Å²) in [6.07, 6.45) is 4.38. The number of likely N-dealkylation sites (tertiary alicyclic amines) is 1. The molecule has 2 N–H and O–H groups in total. The molecule has 0 bridgehead atoms. The van der Waals surface area contributed by atoms with E-state index in [1.807, 2.05) is 42.5 Å². The van der Waals surface area contributed by atoms with E-state index in [4.69, 9.17) is 59.5 Å². The van der Waals surface area contributed by atoms with E-state index in [9.17, 15) is 19.2 Å². The summed E-state index contributed by atoms with van der Waals surface area (Å²) in [5, 5.41) is 24.8. The molecule has 498 valence electrons. The number of likely N-dealkylation sites (N-methyl/N-ethyl adjacent to an activating group) is 1. The number of nitriles is 1. The second-order valence-corrected chi connectivity index (χ2v) is 25.7. The van der Waals surface area contributed by atoms with Crippen molar-refractivity contribution in [2.45, 2.75) is 94.8 Å². The number of carbonyl (C=O) groups is 2. The summed E-state index contributed by atoms with van der Waals surface area (Å²) in [6, 6.07) is 27.3. The van der Waals surface area contributed by atoms with Gasteiger partial charge in [0.1, 0.15) is 39.6 Å². The molecule has 4 aliphatic heterocycles. The predicted octanol–water partition coefficient (Wildman–Crippen LogP) is 9.77. The highest BCUT2D eigenvalue weighted by atomic mass is 35.5. The van der Waals surface area contributed by atoms with Crippen LogP contribution in [0.15, 0.2) is 90.0 Å². The first-order valence-corrected chi connectivity index (χ1v) is 33.2. The Balaban J connectivity index is 0.610. The highest BCUT2D eigenvalue weighted by Gasteiger charge is 2.50. The number of fused-ring (bicyclic) bond motifs is 2. The normalized spacial score (nSPS) is 18.5. The van der Waals surface area contributed by atoms with Gasteiger partial charge in [-0.3, -0.25) is 4.90 Å². The van der Waals surface area contributed by atoms with E-state index in [0.717, 1.165) is 132 Å². The number of hydrazone groups is 1. The van der Waals surface area contributed by atoms with Gasteiger partial charge in [-0.25, -0.2) is 18.4 Å². The number of amides is 3. The third-order valence-electron chi connectivity index (χ3n) is 16.2. The van der Waals surface area contributed by atoms with Crippen molar-refractivity contribution in [1.29, 1.82) is 5.26 Å². The van der Waals surface area contributed by atoms with E-state index in [2.05, 4.69) is 60.8 Å². The molecular formula is C67H88ClF2N11O10S. The minimum atomic E-state index is -1.17. The molecule has 0 spiro atoms. The van der Waals surface area contributed by atoms with Crippen LogP contribution in [0.5, 0.6) is 6.01 Å². The molecule has 25 heteroatoms. The number of alkyl carbamates (subject to hydrolysis) is 1. The predicted molar refractivity (Wildman–Crippen MR) is 352 cm³/mol. The van der Waals surface area contributed by atoms with Crippen molar-refractivity contribution in [3.05, 3.63) is 124 Å². The second kappa shape index (κ2) is 35.1. The molecule has 0 aliphatic carbocycles. The fourth-order valence-corrected chi connectivity index (χ4v) is 13.4. The number of nitrogens with one attached hydrogen (secondary N) is 2. The number of benzene rings is 4. The van der Waals surface area contributed by atoms with Gasteiger partial charge in [0.15, 0.2) is 0 Å². The number of piperazine rings is 1.